The highest BCUT2D eigenvalue weighted by Gasteiger charge is 2.27. The zero-order valence-electron chi connectivity index (χ0n) is 21.3. The van der Waals surface area contributed by atoms with Crippen LogP contribution >= 0.6 is 0 Å². The van der Waals surface area contributed by atoms with Crippen LogP contribution in [0.4, 0.5) is 5.82 Å². The second-order valence-electron chi connectivity index (χ2n) is 10.5. The summed E-state index contributed by atoms with van der Waals surface area (Å²) < 4.78 is 3.80. The van der Waals surface area contributed by atoms with Crippen LogP contribution in [0.1, 0.15) is 40.8 Å². The Labute approximate surface area is 217 Å². The number of pyridine rings is 1. The lowest BCUT2D eigenvalue weighted by molar-refractivity contribution is 0.434. The predicted octanol–water partition coefficient (Wildman–Crippen LogP) is 4.72. The lowest BCUT2D eigenvalue weighted by Gasteiger charge is -2.29. The molecule has 0 saturated heterocycles. The van der Waals surface area contributed by atoms with E-state index in [9.17, 15) is 4.79 Å². The van der Waals surface area contributed by atoms with E-state index in [1.54, 1.807) is 6.07 Å². The number of aromatic nitrogens is 3. The number of hydrogen-bond acceptors (Lipinski definition) is 4. The number of nitrogens with two attached hydrogens (primary N) is 2. The number of nitrogen functional groups attached to an aromatic ring is 1. The van der Waals surface area contributed by atoms with E-state index in [0.717, 1.165) is 60.2 Å². The van der Waals surface area contributed by atoms with Crippen LogP contribution in [0.3, 0.4) is 0 Å². The van der Waals surface area contributed by atoms with Crippen molar-refractivity contribution in [2.75, 3.05) is 5.73 Å². The maximum absolute atomic E-state index is 13.8. The Hall–Kier alpha value is -4.06. The maximum Gasteiger partial charge on any atom is 0.258 e. The van der Waals surface area contributed by atoms with E-state index < -0.39 is 0 Å². The molecule has 2 aliphatic carbocycles. The number of benzene rings is 2. The molecule has 4 aromatic rings. The molecule has 6 heteroatoms. The molecule has 0 fully saturated rings. The van der Waals surface area contributed by atoms with Crippen LogP contribution in [-0.4, -0.2) is 14.3 Å². The normalized spacial score (nSPS) is 16.6. The van der Waals surface area contributed by atoms with Crippen LogP contribution in [0.5, 0.6) is 0 Å². The van der Waals surface area contributed by atoms with Crippen molar-refractivity contribution in [1.29, 1.82) is 0 Å². The van der Waals surface area contributed by atoms with Gasteiger partial charge in [-0.1, -0.05) is 54.1 Å². The molecule has 2 heterocycles. The molecule has 188 valence electrons. The van der Waals surface area contributed by atoms with Gasteiger partial charge in [0.2, 0.25) is 0 Å². The van der Waals surface area contributed by atoms with E-state index in [-0.39, 0.29) is 5.56 Å². The molecule has 4 N–H and O–H groups in total. The summed E-state index contributed by atoms with van der Waals surface area (Å²) >= 11 is 0. The fraction of sp³-hybridized carbons (Fsp3) is 0.290. The molecule has 0 saturated carbocycles. The molecule has 37 heavy (non-hydrogen) atoms. The lowest BCUT2D eigenvalue weighted by Crippen LogP contribution is -2.31. The van der Waals surface area contributed by atoms with Gasteiger partial charge in [-0.25, -0.2) is 0 Å². The molecule has 0 amide bonds. The van der Waals surface area contributed by atoms with Gasteiger partial charge >= 0.3 is 0 Å². The van der Waals surface area contributed by atoms with Gasteiger partial charge in [0, 0.05) is 36.1 Å². The highest BCUT2D eigenvalue weighted by atomic mass is 16.1. The molecule has 1 atom stereocenters. The van der Waals surface area contributed by atoms with Crippen LogP contribution in [0.15, 0.2) is 77.4 Å². The van der Waals surface area contributed by atoms with Gasteiger partial charge in [-0.2, -0.15) is 5.10 Å². The first-order valence-corrected chi connectivity index (χ1v) is 13.1. The summed E-state index contributed by atoms with van der Waals surface area (Å²) in [6, 6.07) is 20.8. The molecule has 1 unspecified atom stereocenters. The number of anilines is 1. The second kappa shape index (κ2) is 9.43. The fourth-order valence-electron chi connectivity index (χ4n) is 6.10. The number of hydrogen-bond donors (Lipinski definition) is 2. The van der Waals surface area contributed by atoms with E-state index >= 15 is 0 Å². The van der Waals surface area contributed by atoms with Crippen molar-refractivity contribution in [2.45, 2.75) is 52.1 Å². The minimum absolute atomic E-state index is 0.0691. The number of rotatable bonds is 6. The van der Waals surface area contributed by atoms with Crippen molar-refractivity contribution >= 4 is 11.4 Å². The van der Waals surface area contributed by atoms with Gasteiger partial charge in [-0.3, -0.25) is 9.48 Å². The van der Waals surface area contributed by atoms with Crippen LogP contribution in [0.25, 0.3) is 16.7 Å². The third-order valence-corrected chi connectivity index (χ3v) is 7.94. The molecule has 0 aliphatic heterocycles. The number of nitrogens with zero attached hydrogens (tertiary/aromatic N) is 3. The first kappa shape index (κ1) is 23.3. The Bertz CT molecular complexity index is 1570. The van der Waals surface area contributed by atoms with E-state index in [1.165, 1.54) is 22.3 Å². The molecule has 2 aromatic carbocycles. The third kappa shape index (κ3) is 4.48. The Morgan fingerprint density at radius 1 is 0.973 bits per heavy atom. The fourth-order valence-corrected chi connectivity index (χ4v) is 6.10. The van der Waals surface area contributed by atoms with Crippen LogP contribution < -0.4 is 17.0 Å². The maximum atomic E-state index is 13.8. The molecule has 0 bridgehead atoms. The van der Waals surface area contributed by atoms with Crippen molar-refractivity contribution in [2.24, 2.45) is 11.7 Å². The van der Waals surface area contributed by atoms with Crippen molar-refractivity contribution in [3.63, 3.8) is 0 Å². The minimum Gasteiger partial charge on any atom is -0.402 e. The van der Waals surface area contributed by atoms with Gasteiger partial charge < -0.3 is 16.0 Å². The summed E-state index contributed by atoms with van der Waals surface area (Å²) in [5, 5.41) is 4.32. The Morgan fingerprint density at radius 2 is 1.84 bits per heavy atom. The SMILES string of the molecule is Cc1cccc(-c2cc3c(n(CCn4ccc(N)n4)c2=O)CCC(CC2=C(N)Cc4ccccc42)C3)c1. The van der Waals surface area contributed by atoms with Crippen LogP contribution in [0, 0.1) is 12.8 Å². The molecule has 6 nitrogen and oxygen atoms in total. The van der Waals surface area contributed by atoms with E-state index in [0.29, 0.717) is 24.8 Å². The predicted molar refractivity (Wildman–Crippen MR) is 149 cm³/mol. The number of allylic oxidation sites excluding steroid dienone is 2. The molecular weight excluding hydrogens is 458 g/mol. The molecule has 6 rings (SSSR count). The summed E-state index contributed by atoms with van der Waals surface area (Å²) in [6.07, 6.45) is 6.58. The van der Waals surface area contributed by atoms with Crippen molar-refractivity contribution < 1.29 is 0 Å². The van der Waals surface area contributed by atoms with Gasteiger partial charge in [0.25, 0.3) is 5.56 Å². The zero-order valence-corrected chi connectivity index (χ0v) is 21.3. The Kier molecular flexibility index (Phi) is 5.95. The Morgan fingerprint density at radius 3 is 2.65 bits per heavy atom. The summed E-state index contributed by atoms with van der Waals surface area (Å²) in [7, 11) is 0. The van der Waals surface area contributed by atoms with Gasteiger partial charge in [0.15, 0.2) is 0 Å². The minimum atomic E-state index is 0.0691. The lowest BCUT2D eigenvalue weighted by atomic mass is 9.81. The first-order valence-electron chi connectivity index (χ1n) is 13.1. The smallest absolute Gasteiger partial charge is 0.258 e. The molecular formula is C31H33N5O. The highest BCUT2D eigenvalue weighted by molar-refractivity contribution is 5.76. The van der Waals surface area contributed by atoms with Crippen molar-refractivity contribution in [3.8, 4) is 11.1 Å². The van der Waals surface area contributed by atoms with E-state index in [4.69, 9.17) is 11.5 Å². The average Bonchev–Trinajstić information content (AvgIpc) is 3.45. The van der Waals surface area contributed by atoms with E-state index in [1.807, 2.05) is 27.6 Å². The topological polar surface area (TPSA) is 91.9 Å². The summed E-state index contributed by atoms with van der Waals surface area (Å²) in [5.41, 5.74) is 22.7. The van der Waals surface area contributed by atoms with Crippen LogP contribution in [-0.2, 0) is 32.4 Å². The van der Waals surface area contributed by atoms with Crippen LogP contribution in [0.2, 0.25) is 0 Å². The second-order valence-corrected chi connectivity index (χ2v) is 10.5. The third-order valence-electron chi connectivity index (χ3n) is 7.94. The zero-order chi connectivity index (χ0) is 25.5. The first-order chi connectivity index (χ1) is 18.0. The number of aryl methyl sites for hydroxylation is 2. The summed E-state index contributed by atoms with van der Waals surface area (Å²) in [6.45, 7) is 3.23. The van der Waals surface area contributed by atoms with E-state index in [2.05, 4.69) is 54.5 Å². The molecule has 2 aromatic heterocycles. The average molecular weight is 492 g/mol. The van der Waals surface area contributed by atoms with Gasteiger partial charge in [-0.05, 0) is 78.5 Å². The largest absolute Gasteiger partial charge is 0.402 e. The standard InChI is InChI=1S/C31H33N5O/c1-20-5-4-7-22(15-20)26-18-24-16-21(17-27-25-8-3-2-6-23(25)19-28(27)32)9-10-29(24)36(31(26)37)14-13-35-12-11-30(33)34-35/h2-8,11-12,15,18,21H,9-10,13-14,16-17,19,32H2,1H3,(H2,33,34). The summed E-state index contributed by atoms with van der Waals surface area (Å²) in [4.78, 5) is 13.8. The van der Waals surface area contributed by atoms with Crippen molar-refractivity contribution in [3.05, 3.63) is 111 Å². The molecule has 0 spiro atoms. The highest BCUT2D eigenvalue weighted by Crippen LogP contribution is 2.39. The van der Waals surface area contributed by atoms with Crippen molar-refractivity contribution in [1.82, 2.24) is 14.3 Å². The molecule has 0 radical (unpaired) electrons. The Balaban J connectivity index is 1.35. The number of fused-ring (bicyclic) bond motifs is 2. The van der Waals surface area contributed by atoms with Gasteiger partial charge in [0.1, 0.15) is 5.82 Å². The van der Waals surface area contributed by atoms with Gasteiger partial charge in [-0.15, -0.1) is 0 Å². The van der Waals surface area contributed by atoms with Gasteiger partial charge in [0.05, 0.1) is 6.54 Å². The quantitative estimate of drug-likeness (QED) is 0.408. The molecule has 2 aliphatic rings. The monoisotopic (exact) mass is 491 g/mol. The summed E-state index contributed by atoms with van der Waals surface area (Å²) in [5.74, 6) is 0.988.